The molecule has 0 bridgehead atoms. The molecule has 1 fully saturated rings. The molecule has 0 aromatic rings. The summed E-state index contributed by atoms with van der Waals surface area (Å²) in [5.74, 6) is 2.51. The van der Waals surface area contributed by atoms with Crippen LogP contribution in [-0.4, -0.2) is 74.7 Å². The summed E-state index contributed by atoms with van der Waals surface area (Å²) in [5, 5.41) is 6.55. The van der Waals surface area contributed by atoms with Gasteiger partial charge in [0.15, 0.2) is 5.96 Å². The van der Waals surface area contributed by atoms with Gasteiger partial charge in [-0.05, 0) is 5.92 Å². The molecule has 0 spiro atoms. The molecule has 1 saturated heterocycles. The number of thioether (sulfide) groups is 1. The maximum atomic E-state index is 11.7. The minimum atomic E-state index is -0.0417. The van der Waals surface area contributed by atoms with E-state index < -0.39 is 0 Å². The van der Waals surface area contributed by atoms with Gasteiger partial charge in [-0.3, -0.25) is 9.79 Å². The number of guanidine groups is 1. The van der Waals surface area contributed by atoms with Crippen LogP contribution < -0.4 is 10.6 Å². The van der Waals surface area contributed by atoms with Crippen LogP contribution >= 0.6 is 35.7 Å². The summed E-state index contributed by atoms with van der Waals surface area (Å²) >= 11 is 2.02. The second-order valence-electron chi connectivity index (χ2n) is 5.34. The maximum Gasteiger partial charge on any atom is 0.239 e. The Morgan fingerprint density at radius 1 is 1.45 bits per heavy atom. The summed E-state index contributed by atoms with van der Waals surface area (Å²) < 4.78 is 4.90. The summed E-state index contributed by atoms with van der Waals surface area (Å²) in [6.07, 6.45) is 0. The number of hydrogen-bond donors (Lipinski definition) is 2. The second kappa shape index (κ2) is 12.2. The molecule has 6 nitrogen and oxygen atoms in total. The molecule has 130 valence electrons. The monoisotopic (exact) mass is 444 g/mol. The Balaban J connectivity index is 0.00000441. The first-order chi connectivity index (χ1) is 10.1. The Labute approximate surface area is 155 Å². The van der Waals surface area contributed by atoms with Crippen molar-refractivity contribution in [3.63, 3.8) is 0 Å². The molecule has 0 saturated carbocycles. The largest absolute Gasteiger partial charge is 0.383 e. The fourth-order valence-corrected chi connectivity index (χ4v) is 3.42. The van der Waals surface area contributed by atoms with Crippen LogP contribution in [0.5, 0.6) is 0 Å². The lowest BCUT2D eigenvalue weighted by Crippen LogP contribution is -2.51. The normalized spacial score (nSPS) is 18.9. The van der Waals surface area contributed by atoms with Crippen molar-refractivity contribution in [2.75, 3.05) is 52.7 Å². The van der Waals surface area contributed by atoms with Crippen LogP contribution in [0.3, 0.4) is 0 Å². The number of hydrogen-bond acceptors (Lipinski definition) is 4. The van der Waals surface area contributed by atoms with E-state index in [-0.39, 0.29) is 36.4 Å². The molecule has 0 aromatic heterocycles. The van der Waals surface area contributed by atoms with Gasteiger partial charge in [-0.15, -0.1) is 24.0 Å². The summed E-state index contributed by atoms with van der Waals surface area (Å²) in [6, 6.07) is 0. The Morgan fingerprint density at radius 3 is 2.77 bits per heavy atom. The van der Waals surface area contributed by atoms with Gasteiger partial charge in [0.25, 0.3) is 0 Å². The van der Waals surface area contributed by atoms with Gasteiger partial charge in [0.1, 0.15) is 0 Å². The van der Waals surface area contributed by atoms with Crippen LogP contribution in [0, 0.1) is 5.92 Å². The van der Waals surface area contributed by atoms with E-state index in [1.807, 2.05) is 11.8 Å². The van der Waals surface area contributed by atoms with Gasteiger partial charge in [0.05, 0.1) is 13.2 Å². The zero-order valence-corrected chi connectivity index (χ0v) is 17.1. The van der Waals surface area contributed by atoms with Crippen LogP contribution in [0.25, 0.3) is 0 Å². The lowest BCUT2D eigenvalue weighted by atomic mass is 10.1. The molecule has 1 rings (SSSR count). The Bertz CT molecular complexity index is 356. The molecule has 0 aromatic carbocycles. The molecule has 22 heavy (non-hydrogen) atoms. The van der Waals surface area contributed by atoms with E-state index in [9.17, 15) is 4.79 Å². The minimum absolute atomic E-state index is 0. The first kappa shape index (κ1) is 21.8. The molecule has 8 heteroatoms. The van der Waals surface area contributed by atoms with Gasteiger partial charge < -0.3 is 20.3 Å². The minimum Gasteiger partial charge on any atom is -0.383 e. The molecular weight excluding hydrogens is 415 g/mol. The van der Waals surface area contributed by atoms with Gasteiger partial charge in [0.2, 0.25) is 5.91 Å². The van der Waals surface area contributed by atoms with Crippen molar-refractivity contribution in [3.05, 3.63) is 0 Å². The molecule has 1 aliphatic rings. The van der Waals surface area contributed by atoms with Crippen LogP contribution in [0.2, 0.25) is 0 Å². The quantitative estimate of drug-likeness (QED) is 0.277. The van der Waals surface area contributed by atoms with E-state index in [0.717, 1.165) is 24.8 Å². The van der Waals surface area contributed by atoms with Crippen molar-refractivity contribution < 1.29 is 9.53 Å². The smallest absolute Gasteiger partial charge is 0.239 e. The third-order valence-corrected chi connectivity index (χ3v) is 4.92. The third kappa shape index (κ3) is 7.87. The Morgan fingerprint density at radius 2 is 2.18 bits per heavy atom. The van der Waals surface area contributed by atoms with Crippen LogP contribution in [0.15, 0.2) is 4.99 Å². The van der Waals surface area contributed by atoms with E-state index in [2.05, 4.69) is 34.4 Å². The fourth-order valence-electron chi connectivity index (χ4n) is 2.12. The molecule has 0 radical (unpaired) electrons. The van der Waals surface area contributed by atoms with Gasteiger partial charge in [-0.1, -0.05) is 13.8 Å². The van der Waals surface area contributed by atoms with E-state index >= 15 is 0 Å². The number of nitrogens with one attached hydrogen (secondary N) is 2. The highest BCUT2D eigenvalue weighted by Gasteiger charge is 2.24. The number of ether oxygens (including phenoxy) is 1. The molecule has 1 atom stereocenters. The lowest BCUT2D eigenvalue weighted by molar-refractivity contribution is -0.120. The highest BCUT2D eigenvalue weighted by Crippen LogP contribution is 2.24. The molecule has 1 aliphatic heterocycles. The van der Waals surface area contributed by atoms with Crippen molar-refractivity contribution in [1.29, 1.82) is 0 Å². The van der Waals surface area contributed by atoms with E-state index in [1.165, 1.54) is 0 Å². The average Bonchev–Trinajstić information content (AvgIpc) is 2.48. The standard InChI is InChI=1S/C14H28N4O2S.HI/c1-11(2)12-10-18(6-8-21-12)14(15-3)17-9-13(19)16-5-7-20-4;/h11-12H,5-10H2,1-4H3,(H,15,17)(H,16,19);1H. The number of carbonyl (C=O) groups is 1. The highest BCUT2D eigenvalue weighted by molar-refractivity contribution is 14.0. The SMILES string of the molecule is CN=C(NCC(=O)NCCOC)N1CCSC(C(C)C)C1.I. The number of amides is 1. The third-order valence-electron chi connectivity index (χ3n) is 3.38. The first-order valence-corrected chi connectivity index (χ1v) is 8.46. The molecule has 1 heterocycles. The summed E-state index contributed by atoms with van der Waals surface area (Å²) in [7, 11) is 3.38. The second-order valence-corrected chi connectivity index (χ2v) is 6.69. The van der Waals surface area contributed by atoms with Crippen molar-refractivity contribution in [1.82, 2.24) is 15.5 Å². The maximum absolute atomic E-state index is 11.7. The molecular formula is C14H29IN4O2S. The summed E-state index contributed by atoms with van der Waals surface area (Å²) in [5.41, 5.74) is 0. The van der Waals surface area contributed by atoms with Crippen molar-refractivity contribution >= 4 is 47.6 Å². The van der Waals surface area contributed by atoms with Gasteiger partial charge >= 0.3 is 0 Å². The topological polar surface area (TPSA) is 66.0 Å². The fraction of sp³-hybridized carbons (Fsp3) is 0.857. The number of rotatable bonds is 6. The number of nitrogens with zero attached hydrogens (tertiary/aromatic N) is 2. The molecule has 0 aliphatic carbocycles. The lowest BCUT2D eigenvalue weighted by Gasteiger charge is -2.36. The molecule has 2 N–H and O–H groups in total. The summed E-state index contributed by atoms with van der Waals surface area (Å²) in [4.78, 5) is 18.2. The summed E-state index contributed by atoms with van der Waals surface area (Å²) in [6.45, 7) is 7.75. The average molecular weight is 444 g/mol. The van der Waals surface area contributed by atoms with Crippen molar-refractivity contribution in [2.24, 2.45) is 10.9 Å². The van der Waals surface area contributed by atoms with E-state index in [4.69, 9.17) is 4.74 Å². The van der Waals surface area contributed by atoms with E-state index in [0.29, 0.717) is 24.3 Å². The van der Waals surface area contributed by atoms with Gasteiger partial charge in [-0.25, -0.2) is 0 Å². The highest BCUT2D eigenvalue weighted by atomic mass is 127. The first-order valence-electron chi connectivity index (χ1n) is 7.41. The predicted molar refractivity (Wildman–Crippen MR) is 104 cm³/mol. The van der Waals surface area contributed by atoms with Crippen LogP contribution in [0.4, 0.5) is 0 Å². The zero-order chi connectivity index (χ0) is 15.7. The van der Waals surface area contributed by atoms with Gasteiger partial charge in [-0.2, -0.15) is 11.8 Å². The Hall–Kier alpha value is -0.220. The van der Waals surface area contributed by atoms with Crippen molar-refractivity contribution in [3.8, 4) is 0 Å². The predicted octanol–water partition coefficient (Wildman–Crippen LogP) is 1.02. The van der Waals surface area contributed by atoms with Crippen molar-refractivity contribution in [2.45, 2.75) is 19.1 Å². The number of methoxy groups -OCH3 is 1. The number of aliphatic imine (C=N–C) groups is 1. The van der Waals surface area contributed by atoms with E-state index in [1.54, 1.807) is 14.2 Å². The van der Waals surface area contributed by atoms with Gasteiger partial charge in [0, 0.05) is 44.8 Å². The molecule has 1 amide bonds. The van der Waals surface area contributed by atoms with Crippen LogP contribution in [-0.2, 0) is 9.53 Å². The molecule has 1 unspecified atom stereocenters. The Kier molecular flexibility index (Phi) is 12.1. The number of carbonyl (C=O) groups excluding carboxylic acids is 1. The van der Waals surface area contributed by atoms with Crippen LogP contribution in [0.1, 0.15) is 13.8 Å². The number of halogens is 1. The zero-order valence-electron chi connectivity index (χ0n) is 13.9.